The molecular formula is C25H31Cl2N5O2. The Balaban J connectivity index is 1.19. The van der Waals surface area contributed by atoms with Crippen LogP contribution in [0.2, 0.25) is 10.0 Å². The number of hydrogen-bond acceptors (Lipinski definition) is 4. The van der Waals surface area contributed by atoms with E-state index in [-0.39, 0.29) is 11.8 Å². The number of aromatic nitrogens is 2. The van der Waals surface area contributed by atoms with Crippen molar-refractivity contribution in [3.05, 3.63) is 57.8 Å². The van der Waals surface area contributed by atoms with Crippen LogP contribution in [0.15, 0.2) is 36.5 Å². The molecule has 3 heterocycles. The molecule has 2 fully saturated rings. The number of halogens is 2. The quantitative estimate of drug-likeness (QED) is 0.578. The average Bonchev–Trinajstić information content (AvgIpc) is 3.32. The molecule has 2 aliphatic heterocycles. The third-order valence-corrected chi connectivity index (χ3v) is 7.43. The van der Waals surface area contributed by atoms with Crippen molar-refractivity contribution in [3.8, 4) is 0 Å². The van der Waals surface area contributed by atoms with Gasteiger partial charge in [-0.25, -0.2) is 0 Å². The Morgan fingerprint density at radius 1 is 1.06 bits per heavy atom. The van der Waals surface area contributed by atoms with Crippen molar-refractivity contribution in [2.24, 2.45) is 0 Å². The molecule has 2 aromatic rings. The maximum absolute atomic E-state index is 12.7. The predicted molar refractivity (Wildman–Crippen MR) is 135 cm³/mol. The summed E-state index contributed by atoms with van der Waals surface area (Å²) in [6, 6.07) is 7.31. The van der Waals surface area contributed by atoms with Crippen LogP contribution in [0.5, 0.6) is 0 Å². The van der Waals surface area contributed by atoms with Crippen molar-refractivity contribution in [1.29, 1.82) is 0 Å². The predicted octanol–water partition coefficient (Wildman–Crippen LogP) is 4.06. The van der Waals surface area contributed by atoms with Crippen LogP contribution in [0.3, 0.4) is 0 Å². The minimum Gasteiger partial charge on any atom is -0.341 e. The summed E-state index contributed by atoms with van der Waals surface area (Å²) in [4.78, 5) is 31.4. The van der Waals surface area contributed by atoms with Crippen LogP contribution in [0.1, 0.15) is 42.9 Å². The first-order valence-corrected chi connectivity index (χ1v) is 12.7. The first kappa shape index (κ1) is 24.8. The monoisotopic (exact) mass is 503 g/mol. The summed E-state index contributed by atoms with van der Waals surface area (Å²) < 4.78 is 0. The molecule has 0 aliphatic carbocycles. The molecular weight excluding hydrogens is 473 g/mol. The van der Waals surface area contributed by atoms with Gasteiger partial charge in [0.05, 0.1) is 15.7 Å². The van der Waals surface area contributed by atoms with Crippen LogP contribution in [-0.4, -0.2) is 82.5 Å². The van der Waals surface area contributed by atoms with Gasteiger partial charge >= 0.3 is 0 Å². The fourth-order valence-electron chi connectivity index (χ4n) is 4.65. The molecule has 1 aromatic heterocycles. The van der Waals surface area contributed by atoms with Crippen molar-refractivity contribution < 1.29 is 9.59 Å². The minimum atomic E-state index is -0.0968. The molecule has 0 atom stereocenters. The van der Waals surface area contributed by atoms with Gasteiger partial charge in [-0.2, -0.15) is 5.10 Å². The molecule has 2 saturated heterocycles. The van der Waals surface area contributed by atoms with E-state index in [0.717, 1.165) is 51.0 Å². The Morgan fingerprint density at radius 3 is 2.62 bits per heavy atom. The number of nitrogens with one attached hydrogen (secondary N) is 1. The number of nitrogens with zero attached hydrogens (tertiary/aromatic N) is 4. The smallest absolute Gasteiger partial charge is 0.246 e. The van der Waals surface area contributed by atoms with E-state index >= 15 is 0 Å². The van der Waals surface area contributed by atoms with Gasteiger partial charge in [-0.15, -0.1) is 0 Å². The number of likely N-dealkylation sites (tertiary alicyclic amines) is 1. The number of carbonyl (C=O) groups is 2. The van der Waals surface area contributed by atoms with Gasteiger partial charge < -0.3 is 14.7 Å². The van der Waals surface area contributed by atoms with Crippen molar-refractivity contribution in [1.82, 2.24) is 24.9 Å². The molecule has 0 bridgehead atoms. The highest BCUT2D eigenvalue weighted by atomic mass is 35.5. The topological polar surface area (TPSA) is 72.5 Å². The number of benzene rings is 1. The Morgan fingerprint density at radius 2 is 1.88 bits per heavy atom. The first-order chi connectivity index (χ1) is 16.5. The fraction of sp³-hybridized carbons (Fsp3) is 0.480. The van der Waals surface area contributed by atoms with Gasteiger partial charge in [0.1, 0.15) is 0 Å². The number of aromatic amines is 1. The Kier molecular flexibility index (Phi) is 8.64. The van der Waals surface area contributed by atoms with Crippen LogP contribution >= 0.6 is 23.2 Å². The van der Waals surface area contributed by atoms with Gasteiger partial charge in [0.2, 0.25) is 11.8 Å². The fourth-order valence-corrected chi connectivity index (χ4v) is 4.96. The summed E-state index contributed by atoms with van der Waals surface area (Å²) in [6.07, 6.45) is 8.71. The Hall–Kier alpha value is -2.35. The van der Waals surface area contributed by atoms with Crippen LogP contribution in [0.25, 0.3) is 6.08 Å². The lowest BCUT2D eigenvalue weighted by molar-refractivity contribution is -0.130. The number of rotatable bonds is 7. The molecule has 7 nitrogen and oxygen atoms in total. The molecule has 34 heavy (non-hydrogen) atoms. The molecule has 0 spiro atoms. The zero-order valence-electron chi connectivity index (χ0n) is 19.3. The van der Waals surface area contributed by atoms with Crippen LogP contribution in [0.4, 0.5) is 0 Å². The average molecular weight is 504 g/mol. The number of piperidine rings is 1. The molecule has 0 saturated carbocycles. The third kappa shape index (κ3) is 6.62. The standard InChI is InChI=1S/C25H31Cl2N5O2/c26-21-4-2-19(18-22(21)27)3-5-24(33)32-15-9-25(34)31(16-17-32)12-1-11-30-13-7-20(8-14-30)23-6-10-28-29-23/h2-6,10,18,20H,1,7-9,11-17H2,(H,28,29). The maximum atomic E-state index is 12.7. The van der Waals surface area contributed by atoms with Gasteiger partial charge in [0.25, 0.3) is 0 Å². The molecule has 1 N–H and O–H groups in total. The normalized spacial score (nSPS) is 18.6. The van der Waals surface area contributed by atoms with E-state index in [1.165, 1.54) is 11.8 Å². The second kappa shape index (κ2) is 11.9. The van der Waals surface area contributed by atoms with Crippen molar-refractivity contribution >= 4 is 41.1 Å². The second-order valence-corrected chi connectivity index (χ2v) is 9.75. The molecule has 9 heteroatoms. The molecule has 182 valence electrons. The number of H-pyrrole nitrogens is 1. The van der Waals surface area contributed by atoms with E-state index in [2.05, 4.69) is 21.2 Å². The van der Waals surface area contributed by atoms with Crippen LogP contribution < -0.4 is 0 Å². The number of amides is 2. The summed E-state index contributed by atoms with van der Waals surface area (Å²) in [5.41, 5.74) is 1.98. The molecule has 1 aromatic carbocycles. The third-order valence-electron chi connectivity index (χ3n) is 6.69. The minimum absolute atomic E-state index is 0.0968. The Bertz CT molecular complexity index is 1000. The van der Waals surface area contributed by atoms with Gasteiger partial charge in [-0.3, -0.25) is 14.7 Å². The lowest BCUT2D eigenvalue weighted by Crippen LogP contribution is -2.38. The van der Waals surface area contributed by atoms with E-state index in [9.17, 15) is 9.59 Å². The molecule has 2 aliphatic rings. The highest BCUT2D eigenvalue weighted by molar-refractivity contribution is 6.42. The Labute approximate surface area is 210 Å². The number of carbonyl (C=O) groups excluding carboxylic acids is 2. The number of hydrogen-bond donors (Lipinski definition) is 1. The second-order valence-electron chi connectivity index (χ2n) is 8.93. The zero-order valence-corrected chi connectivity index (χ0v) is 20.8. The van der Waals surface area contributed by atoms with Crippen molar-refractivity contribution in [2.75, 3.05) is 45.8 Å². The lowest BCUT2D eigenvalue weighted by Gasteiger charge is -2.31. The summed E-state index contributed by atoms with van der Waals surface area (Å²) in [5, 5.41) is 8.17. The summed E-state index contributed by atoms with van der Waals surface area (Å²) in [6.45, 7) is 5.43. The molecule has 2 amide bonds. The molecule has 0 unspecified atom stereocenters. The summed E-state index contributed by atoms with van der Waals surface area (Å²) >= 11 is 12.0. The summed E-state index contributed by atoms with van der Waals surface area (Å²) in [7, 11) is 0. The van der Waals surface area contributed by atoms with Gasteiger partial charge in [-0.05, 0) is 68.7 Å². The van der Waals surface area contributed by atoms with Crippen LogP contribution in [-0.2, 0) is 9.59 Å². The van der Waals surface area contributed by atoms with E-state index in [1.54, 1.807) is 23.1 Å². The van der Waals surface area contributed by atoms with Crippen molar-refractivity contribution in [2.45, 2.75) is 31.6 Å². The van der Waals surface area contributed by atoms with E-state index in [1.807, 2.05) is 17.2 Å². The van der Waals surface area contributed by atoms with Gasteiger partial charge in [-0.1, -0.05) is 29.3 Å². The summed E-state index contributed by atoms with van der Waals surface area (Å²) in [5.74, 6) is 0.574. The van der Waals surface area contributed by atoms with Crippen LogP contribution in [0, 0.1) is 0 Å². The molecule has 4 rings (SSSR count). The zero-order chi connectivity index (χ0) is 23.9. The highest BCUT2D eigenvalue weighted by Crippen LogP contribution is 2.26. The van der Waals surface area contributed by atoms with Crippen molar-refractivity contribution in [3.63, 3.8) is 0 Å². The molecule has 0 radical (unpaired) electrons. The first-order valence-electron chi connectivity index (χ1n) is 11.9. The maximum Gasteiger partial charge on any atom is 0.246 e. The SMILES string of the molecule is O=C(C=Cc1ccc(Cl)c(Cl)c1)N1CCC(=O)N(CCCN2CCC(c3cc[nH]n3)CC2)CC1. The highest BCUT2D eigenvalue weighted by Gasteiger charge is 2.24. The van der Waals surface area contributed by atoms with E-state index in [0.29, 0.717) is 42.0 Å². The van der Waals surface area contributed by atoms with E-state index < -0.39 is 0 Å². The van der Waals surface area contributed by atoms with Gasteiger partial charge in [0.15, 0.2) is 0 Å². The lowest BCUT2D eigenvalue weighted by atomic mass is 9.93. The largest absolute Gasteiger partial charge is 0.341 e. The van der Waals surface area contributed by atoms with Gasteiger partial charge in [0, 0.05) is 50.8 Å². The van der Waals surface area contributed by atoms with E-state index in [4.69, 9.17) is 23.2 Å².